The van der Waals surface area contributed by atoms with Gasteiger partial charge in [0.25, 0.3) is 5.69 Å². The lowest BCUT2D eigenvalue weighted by atomic mass is 9.93. The number of nitrogens with two attached hydrogens (primary N) is 1. The van der Waals surface area contributed by atoms with Crippen molar-refractivity contribution >= 4 is 5.69 Å². The van der Waals surface area contributed by atoms with Gasteiger partial charge in [0.05, 0.1) is 4.92 Å². The third-order valence-corrected chi connectivity index (χ3v) is 3.50. The summed E-state index contributed by atoms with van der Waals surface area (Å²) < 4.78 is 0. The zero-order chi connectivity index (χ0) is 12.4. The monoisotopic (exact) mass is 235 g/mol. The van der Waals surface area contributed by atoms with Crippen LogP contribution in [-0.2, 0) is 0 Å². The molecule has 1 heterocycles. The molecule has 0 aromatic heterocycles. The van der Waals surface area contributed by atoms with E-state index in [0.717, 1.165) is 18.5 Å². The average molecular weight is 235 g/mol. The molecule has 0 bridgehead atoms. The fourth-order valence-corrected chi connectivity index (χ4v) is 2.62. The lowest BCUT2D eigenvalue weighted by Gasteiger charge is -2.24. The molecule has 2 atom stereocenters. The van der Waals surface area contributed by atoms with E-state index in [1.807, 2.05) is 13.1 Å². The second-order valence-corrected chi connectivity index (χ2v) is 4.56. The summed E-state index contributed by atoms with van der Waals surface area (Å²) >= 11 is 0. The molecule has 2 unspecified atom stereocenters. The first kappa shape index (κ1) is 12.0. The van der Waals surface area contributed by atoms with Crippen molar-refractivity contribution in [1.29, 1.82) is 0 Å². The molecule has 0 aliphatic carbocycles. The maximum Gasteiger partial charge on any atom is 0.269 e. The summed E-state index contributed by atoms with van der Waals surface area (Å²) in [4.78, 5) is 12.6. The van der Waals surface area contributed by atoms with Gasteiger partial charge in [-0.15, -0.1) is 0 Å². The van der Waals surface area contributed by atoms with Gasteiger partial charge in [-0.1, -0.05) is 12.1 Å². The van der Waals surface area contributed by atoms with Crippen molar-refractivity contribution in [3.63, 3.8) is 0 Å². The standard InChI is InChI=1S/C12H17N3O2/c1-14-6-5-10(8-13)12(14)9-3-2-4-11(7-9)15(16)17/h2-4,7,10,12H,5-6,8,13H2,1H3. The summed E-state index contributed by atoms with van der Waals surface area (Å²) in [5.74, 6) is 0.391. The lowest BCUT2D eigenvalue weighted by molar-refractivity contribution is -0.385. The van der Waals surface area contributed by atoms with Gasteiger partial charge in [-0.05, 0) is 38.0 Å². The molecule has 0 amide bonds. The van der Waals surface area contributed by atoms with Gasteiger partial charge in [-0.25, -0.2) is 0 Å². The highest BCUT2D eigenvalue weighted by atomic mass is 16.6. The number of likely N-dealkylation sites (tertiary alicyclic amines) is 1. The predicted octanol–water partition coefficient (Wildman–Crippen LogP) is 1.55. The van der Waals surface area contributed by atoms with Crippen LogP contribution in [0.25, 0.3) is 0 Å². The molecular formula is C12H17N3O2. The smallest absolute Gasteiger partial charge is 0.269 e. The van der Waals surface area contributed by atoms with E-state index in [4.69, 9.17) is 5.73 Å². The van der Waals surface area contributed by atoms with Crippen molar-refractivity contribution in [2.24, 2.45) is 11.7 Å². The quantitative estimate of drug-likeness (QED) is 0.637. The summed E-state index contributed by atoms with van der Waals surface area (Å²) in [6.45, 7) is 1.62. The molecule has 0 spiro atoms. The van der Waals surface area contributed by atoms with E-state index in [2.05, 4.69) is 4.90 Å². The van der Waals surface area contributed by atoms with E-state index in [1.54, 1.807) is 12.1 Å². The number of benzene rings is 1. The summed E-state index contributed by atoms with van der Waals surface area (Å²) in [6.07, 6.45) is 1.06. The Hall–Kier alpha value is -1.46. The van der Waals surface area contributed by atoms with E-state index in [1.165, 1.54) is 6.07 Å². The molecule has 1 aromatic rings. The van der Waals surface area contributed by atoms with Crippen LogP contribution in [0.15, 0.2) is 24.3 Å². The van der Waals surface area contributed by atoms with Crippen LogP contribution < -0.4 is 5.73 Å². The zero-order valence-electron chi connectivity index (χ0n) is 9.87. The number of hydrogen-bond donors (Lipinski definition) is 1. The van der Waals surface area contributed by atoms with Crippen molar-refractivity contribution < 1.29 is 4.92 Å². The lowest BCUT2D eigenvalue weighted by Crippen LogP contribution is -2.25. The summed E-state index contributed by atoms with van der Waals surface area (Å²) in [5.41, 5.74) is 6.91. The van der Waals surface area contributed by atoms with Gasteiger partial charge in [0.1, 0.15) is 0 Å². The van der Waals surface area contributed by atoms with Gasteiger partial charge in [0.15, 0.2) is 0 Å². The van der Waals surface area contributed by atoms with E-state index in [9.17, 15) is 10.1 Å². The van der Waals surface area contributed by atoms with Crippen molar-refractivity contribution in [3.8, 4) is 0 Å². The SMILES string of the molecule is CN1CCC(CN)C1c1cccc([N+](=O)[O-])c1. The van der Waals surface area contributed by atoms with Gasteiger partial charge in [-0.3, -0.25) is 15.0 Å². The Morgan fingerprint density at radius 1 is 1.59 bits per heavy atom. The van der Waals surface area contributed by atoms with Crippen LogP contribution >= 0.6 is 0 Å². The Labute approximate surface area is 100 Å². The zero-order valence-corrected chi connectivity index (χ0v) is 9.87. The first-order chi connectivity index (χ1) is 8.13. The highest BCUT2D eigenvalue weighted by Gasteiger charge is 2.32. The van der Waals surface area contributed by atoms with E-state index in [-0.39, 0.29) is 16.7 Å². The second kappa shape index (κ2) is 4.81. The van der Waals surface area contributed by atoms with Crippen LogP contribution in [-0.4, -0.2) is 30.0 Å². The normalized spacial score (nSPS) is 25.1. The highest BCUT2D eigenvalue weighted by molar-refractivity contribution is 5.36. The Balaban J connectivity index is 2.32. The molecule has 1 fully saturated rings. The molecule has 2 rings (SSSR count). The topological polar surface area (TPSA) is 72.4 Å². The second-order valence-electron chi connectivity index (χ2n) is 4.56. The molecule has 92 valence electrons. The number of hydrogen-bond acceptors (Lipinski definition) is 4. The van der Waals surface area contributed by atoms with Crippen LogP contribution in [0.2, 0.25) is 0 Å². The molecule has 5 heteroatoms. The van der Waals surface area contributed by atoms with Crippen LogP contribution in [0.3, 0.4) is 0 Å². The van der Waals surface area contributed by atoms with Gasteiger partial charge in [0.2, 0.25) is 0 Å². The number of rotatable bonds is 3. The molecule has 1 saturated heterocycles. The van der Waals surface area contributed by atoms with Crippen LogP contribution in [0.4, 0.5) is 5.69 Å². The van der Waals surface area contributed by atoms with E-state index in [0.29, 0.717) is 12.5 Å². The van der Waals surface area contributed by atoms with Crippen molar-refractivity contribution in [1.82, 2.24) is 4.90 Å². The third kappa shape index (κ3) is 2.30. The minimum atomic E-state index is -0.351. The molecule has 2 N–H and O–H groups in total. The number of nitrogens with zero attached hydrogens (tertiary/aromatic N) is 2. The largest absolute Gasteiger partial charge is 0.330 e. The Kier molecular flexibility index (Phi) is 3.40. The van der Waals surface area contributed by atoms with Gasteiger partial charge >= 0.3 is 0 Å². The Morgan fingerprint density at radius 3 is 3.00 bits per heavy atom. The van der Waals surface area contributed by atoms with Gasteiger partial charge in [-0.2, -0.15) is 0 Å². The first-order valence-electron chi connectivity index (χ1n) is 5.78. The molecule has 1 aliphatic heterocycles. The Bertz CT molecular complexity index is 422. The molecule has 1 aromatic carbocycles. The fourth-order valence-electron chi connectivity index (χ4n) is 2.62. The number of non-ortho nitro benzene ring substituents is 1. The fraction of sp³-hybridized carbons (Fsp3) is 0.500. The summed E-state index contributed by atoms with van der Waals surface area (Å²) in [6, 6.07) is 7.08. The highest BCUT2D eigenvalue weighted by Crippen LogP contribution is 2.36. The summed E-state index contributed by atoms with van der Waals surface area (Å²) in [7, 11) is 2.04. The van der Waals surface area contributed by atoms with Crippen molar-refractivity contribution in [2.45, 2.75) is 12.5 Å². The van der Waals surface area contributed by atoms with E-state index >= 15 is 0 Å². The predicted molar refractivity (Wildman–Crippen MR) is 65.6 cm³/mol. The summed E-state index contributed by atoms with van der Waals surface area (Å²) in [5, 5.41) is 10.8. The maximum absolute atomic E-state index is 10.8. The van der Waals surface area contributed by atoms with Crippen LogP contribution in [0.5, 0.6) is 0 Å². The van der Waals surface area contributed by atoms with Crippen LogP contribution in [0.1, 0.15) is 18.0 Å². The van der Waals surface area contributed by atoms with Gasteiger partial charge < -0.3 is 5.73 Å². The molecule has 5 nitrogen and oxygen atoms in total. The Morgan fingerprint density at radius 2 is 2.35 bits per heavy atom. The van der Waals surface area contributed by atoms with Crippen LogP contribution in [0, 0.1) is 16.0 Å². The minimum Gasteiger partial charge on any atom is -0.330 e. The number of nitro benzene ring substituents is 1. The first-order valence-corrected chi connectivity index (χ1v) is 5.78. The average Bonchev–Trinajstić information content (AvgIpc) is 2.70. The molecule has 17 heavy (non-hydrogen) atoms. The number of nitro groups is 1. The van der Waals surface area contributed by atoms with Gasteiger partial charge in [0, 0.05) is 18.2 Å². The van der Waals surface area contributed by atoms with E-state index < -0.39 is 0 Å². The van der Waals surface area contributed by atoms with Crippen molar-refractivity contribution in [3.05, 3.63) is 39.9 Å². The van der Waals surface area contributed by atoms with Crippen molar-refractivity contribution in [2.75, 3.05) is 20.1 Å². The molecule has 0 saturated carbocycles. The molecular weight excluding hydrogens is 218 g/mol. The third-order valence-electron chi connectivity index (χ3n) is 3.50. The molecule has 0 radical (unpaired) electrons. The maximum atomic E-state index is 10.8. The molecule has 1 aliphatic rings. The minimum absolute atomic E-state index is 0.151.